The molecule has 0 bridgehead atoms. The van der Waals surface area contributed by atoms with Gasteiger partial charge in [0.05, 0.1) is 0 Å². The van der Waals surface area contributed by atoms with Gasteiger partial charge in [0.25, 0.3) is 0 Å². The Morgan fingerprint density at radius 1 is 1.28 bits per heavy atom. The molecular weight excluding hydrogens is 296 g/mol. The molecule has 2 N–H and O–H groups in total. The van der Waals surface area contributed by atoms with E-state index in [1.54, 1.807) is 12.3 Å². The molecule has 0 radical (unpaired) electrons. The Morgan fingerprint density at radius 3 is 2.78 bits per heavy atom. The van der Waals surface area contributed by atoms with E-state index in [4.69, 9.17) is 5.11 Å². The quantitative estimate of drug-likeness (QED) is 0.911. The van der Waals surface area contributed by atoms with Crippen molar-refractivity contribution in [3.05, 3.63) is 58.2 Å². The minimum atomic E-state index is -0.988. The molecule has 5 heteroatoms. The molecule has 0 spiro atoms. The number of pyridine rings is 1. The van der Waals surface area contributed by atoms with Crippen LogP contribution in [0.3, 0.4) is 0 Å². The van der Waals surface area contributed by atoms with E-state index in [9.17, 15) is 4.79 Å². The topological polar surface area (TPSA) is 62.2 Å². The number of carbonyl (C=O) groups is 1. The van der Waals surface area contributed by atoms with Crippen LogP contribution in [0.4, 0.5) is 5.82 Å². The number of hydrogen-bond donors (Lipinski definition) is 2. The van der Waals surface area contributed by atoms with E-state index >= 15 is 0 Å². The van der Waals surface area contributed by atoms with Crippen molar-refractivity contribution in [2.24, 2.45) is 0 Å². The average molecular weight is 307 g/mol. The van der Waals surface area contributed by atoms with E-state index in [0.717, 1.165) is 10.0 Å². The normalized spacial score (nSPS) is 10.1. The number of carboxylic acid groups (broad SMARTS) is 1. The van der Waals surface area contributed by atoms with E-state index in [1.807, 2.05) is 24.3 Å². The first-order valence-electron chi connectivity index (χ1n) is 5.34. The average Bonchev–Trinajstić information content (AvgIpc) is 2.38. The minimum absolute atomic E-state index is 0.171. The van der Waals surface area contributed by atoms with Gasteiger partial charge in [-0.3, -0.25) is 0 Å². The molecule has 4 nitrogen and oxygen atoms in total. The lowest BCUT2D eigenvalue weighted by Crippen LogP contribution is -2.08. The Hall–Kier alpha value is -1.88. The summed E-state index contributed by atoms with van der Waals surface area (Å²) >= 11 is 3.44. The van der Waals surface area contributed by atoms with Crippen molar-refractivity contribution in [2.45, 2.75) is 6.54 Å². The Kier molecular flexibility index (Phi) is 3.94. The molecule has 92 valence electrons. The molecule has 0 fully saturated rings. The lowest BCUT2D eigenvalue weighted by molar-refractivity contribution is 0.0697. The number of nitrogens with one attached hydrogen (secondary N) is 1. The maximum absolute atomic E-state index is 11.0. The zero-order chi connectivity index (χ0) is 13.0. The molecule has 1 heterocycles. The molecule has 18 heavy (non-hydrogen) atoms. The first-order chi connectivity index (χ1) is 8.68. The second kappa shape index (κ2) is 5.64. The molecule has 0 aliphatic carbocycles. The van der Waals surface area contributed by atoms with Gasteiger partial charge in [-0.25, -0.2) is 9.78 Å². The van der Waals surface area contributed by atoms with Crippen LogP contribution in [0.15, 0.2) is 47.1 Å². The van der Waals surface area contributed by atoms with E-state index in [-0.39, 0.29) is 5.56 Å². The molecule has 1 aromatic carbocycles. The molecule has 0 amide bonds. The summed E-state index contributed by atoms with van der Waals surface area (Å²) in [6.07, 6.45) is 1.56. The Labute approximate surface area is 113 Å². The molecule has 0 aliphatic rings. The molecule has 0 saturated heterocycles. The van der Waals surface area contributed by atoms with Crippen molar-refractivity contribution in [3.63, 3.8) is 0 Å². The number of halogens is 1. The highest BCUT2D eigenvalue weighted by Crippen LogP contribution is 2.18. The number of benzene rings is 1. The minimum Gasteiger partial charge on any atom is -0.478 e. The zero-order valence-corrected chi connectivity index (χ0v) is 11.0. The van der Waals surface area contributed by atoms with E-state index in [0.29, 0.717) is 12.4 Å². The Morgan fingerprint density at radius 2 is 2.06 bits per heavy atom. The summed E-state index contributed by atoms with van der Waals surface area (Å²) in [7, 11) is 0. The Balaban J connectivity index is 2.16. The fraction of sp³-hybridized carbons (Fsp3) is 0.0769. The van der Waals surface area contributed by atoms with Crippen LogP contribution < -0.4 is 5.32 Å². The fourth-order valence-corrected chi connectivity index (χ4v) is 1.96. The number of nitrogens with zero attached hydrogens (tertiary/aromatic N) is 1. The number of hydrogen-bond acceptors (Lipinski definition) is 3. The molecular formula is C13H11BrN2O2. The highest BCUT2D eigenvalue weighted by molar-refractivity contribution is 9.10. The van der Waals surface area contributed by atoms with Gasteiger partial charge in [0.2, 0.25) is 0 Å². The van der Waals surface area contributed by atoms with Crippen LogP contribution in [0.1, 0.15) is 15.9 Å². The van der Waals surface area contributed by atoms with Crippen LogP contribution in [-0.2, 0) is 6.54 Å². The lowest BCUT2D eigenvalue weighted by Gasteiger charge is -2.09. The summed E-state index contributed by atoms with van der Waals surface area (Å²) in [6.45, 7) is 0.513. The van der Waals surface area contributed by atoms with Crippen LogP contribution in [-0.4, -0.2) is 16.1 Å². The van der Waals surface area contributed by atoms with Crippen LogP contribution in [0.5, 0.6) is 0 Å². The van der Waals surface area contributed by atoms with Gasteiger partial charge in [-0.1, -0.05) is 34.1 Å². The summed E-state index contributed by atoms with van der Waals surface area (Å²) in [5, 5.41) is 12.1. The van der Waals surface area contributed by atoms with E-state index in [2.05, 4.69) is 26.2 Å². The van der Waals surface area contributed by atoms with Crippen molar-refractivity contribution >= 4 is 27.7 Å². The van der Waals surface area contributed by atoms with Gasteiger partial charge in [0, 0.05) is 17.2 Å². The highest BCUT2D eigenvalue weighted by atomic mass is 79.9. The third-order valence-corrected chi connectivity index (χ3v) is 3.22. The lowest BCUT2D eigenvalue weighted by atomic mass is 10.2. The van der Waals surface area contributed by atoms with E-state index in [1.165, 1.54) is 6.07 Å². The standard InChI is InChI=1S/C13H11BrN2O2/c14-11-6-2-1-4-9(11)8-16-12-10(13(17)18)5-3-7-15-12/h1-7H,8H2,(H,15,16)(H,17,18). The molecule has 1 aromatic heterocycles. The van der Waals surface area contributed by atoms with Crippen molar-refractivity contribution in [1.29, 1.82) is 0 Å². The van der Waals surface area contributed by atoms with Gasteiger partial charge in [-0.05, 0) is 23.8 Å². The largest absolute Gasteiger partial charge is 0.478 e. The van der Waals surface area contributed by atoms with Crippen molar-refractivity contribution in [3.8, 4) is 0 Å². The Bertz CT molecular complexity index is 572. The monoisotopic (exact) mass is 306 g/mol. The van der Waals surface area contributed by atoms with Gasteiger partial charge < -0.3 is 10.4 Å². The summed E-state index contributed by atoms with van der Waals surface area (Å²) < 4.78 is 0.977. The van der Waals surface area contributed by atoms with Crippen molar-refractivity contribution < 1.29 is 9.90 Å². The summed E-state index contributed by atoms with van der Waals surface area (Å²) in [5.41, 5.74) is 1.21. The highest BCUT2D eigenvalue weighted by Gasteiger charge is 2.10. The van der Waals surface area contributed by atoms with Gasteiger partial charge in [-0.2, -0.15) is 0 Å². The zero-order valence-electron chi connectivity index (χ0n) is 9.43. The van der Waals surface area contributed by atoms with Crippen molar-refractivity contribution in [1.82, 2.24) is 4.98 Å². The molecule has 2 aromatic rings. The third-order valence-electron chi connectivity index (χ3n) is 2.44. The number of rotatable bonds is 4. The maximum Gasteiger partial charge on any atom is 0.339 e. The van der Waals surface area contributed by atoms with Crippen LogP contribution in [0.25, 0.3) is 0 Å². The van der Waals surface area contributed by atoms with E-state index < -0.39 is 5.97 Å². The van der Waals surface area contributed by atoms with Crippen LogP contribution in [0.2, 0.25) is 0 Å². The maximum atomic E-state index is 11.0. The van der Waals surface area contributed by atoms with Crippen molar-refractivity contribution in [2.75, 3.05) is 5.32 Å². The van der Waals surface area contributed by atoms with Gasteiger partial charge in [-0.15, -0.1) is 0 Å². The fourth-order valence-electron chi connectivity index (χ4n) is 1.54. The second-order valence-electron chi connectivity index (χ2n) is 3.65. The second-order valence-corrected chi connectivity index (χ2v) is 4.50. The number of aromatic nitrogens is 1. The molecule has 0 unspecified atom stereocenters. The van der Waals surface area contributed by atoms with Crippen LogP contribution >= 0.6 is 15.9 Å². The number of aromatic carboxylic acids is 1. The third kappa shape index (κ3) is 2.87. The number of carboxylic acids is 1. The first-order valence-corrected chi connectivity index (χ1v) is 6.13. The van der Waals surface area contributed by atoms with Gasteiger partial charge >= 0.3 is 5.97 Å². The van der Waals surface area contributed by atoms with Gasteiger partial charge in [0.1, 0.15) is 11.4 Å². The predicted octanol–water partition coefficient (Wildman–Crippen LogP) is 3.15. The SMILES string of the molecule is O=C(O)c1cccnc1NCc1ccccc1Br. The molecule has 0 atom stereocenters. The molecule has 0 aliphatic heterocycles. The summed E-state index contributed by atoms with van der Waals surface area (Å²) in [5.74, 6) is -0.613. The smallest absolute Gasteiger partial charge is 0.339 e. The predicted molar refractivity (Wildman–Crippen MR) is 72.7 cm³/mol. The number of anilines is 1. The summed E-state index contributed by atoms with van der Waals surface area (Å²) in [4.78, 5) is 15.0. The first kappa shape index (κ1) is 12.6. The summed E-state index contributed by atoms with van der Waals surface area (Å²) in [6, 6.07) is 10.9. The van der Waals surface area contributed by atoms with Crippen LogP contribution in [0, 0.1) is 0 Å². The molecule has 2 rings (SSSR count). The molecule has 0 saturated carbocycles. The van der Waals surface area contributed by atoms with Gasteiger partial charge in [0.15, 0.2) is 0 Å².